The van der Waals surface area contributed by atoms with Crippen LogP contribution in [0.3, 0.4) is 0 Å². The minimum absolute atomic E-state index is 0.0686. The van der Waals surface area contributed by atoms with E-state index in [1.54, 1.807) is 47.2 Å². The van der Waals surface area contributed by atoms with Crippen molar-refractivity contribution in [3.05, 3.63) is 58.8 Å². The van der Waals surface area contributed by atoms with Crippen LogP contribution in [0.25, 0.3) is 5.52 Å². The molecule has 0 spiro atoms. The summed E-state index contributed by atoms with van der Waals surface area (Å²) < 4.78 is 33.7. The lowest BCUT2D eigenvalue weighted by molar-refractivity contribution is -0.122. The van der Waals surface area contributed by atoms with Gasteiger partial charge in [-0.05, 0) is 36.4 Å². The Balaban J connectivity index is 1.45. The van der Waals surface area contributed by atoms with E-state index in [-0.39, 0.29) is 23.9 Å². The van der Waals surface area contributed by atoms with Crippen LogP contribution in [0.1, 0.15) is 0 Å². The molecule has 2 aromatic heterocycles. The van der Waals surface area contributed by atoms with Gasteiger partial charge in [-0.1, -0.05) is 23.2 Å². The molecule has 0 atom stereocenters. The van der Waals surface area contributed by atoms with E-state index in [1.807, 2.05) is 0 Å². The zero-order chi connectivity index (χ0) is 20.1. The number of hydrogen-bond donors (Lipinski definition) is 2. The maximum atomic E-state index is 12.2. The van der Waals surface area contributed by atoms with Gasteiger partial charge in [0.1, 0.15) is 5.75 Å². The van der Waals surface area contributed by atoms with Crippen molar-refractivity contribution in [2.45, 2.75) is 0 Å². The van der Waals surface area contributed by atoms with Crippen LogP contribution < -0.4 is 14.8 Å². The number of hydrogen-bond acceptors (Lipinski definition) is 5. The second-order valence-electron chi connectivity index (χ2n) is 5.75. The Bertz CT molecular complexity index is 1100. The topological polar surface area (TPSA) is 102 Å². The first-order chi connectivity index (χ1) is 13.3. The van der Waals surface area contributed by atoms with E-state index < -0.39 is 15.9 Å². The number of amides is 1. The van der Waals surface area contributed by atoms with Gasteiger partial charge < -0.3 is 10.1 Å². The molecule has 0 aliphatic carbocycles. The highest BCUT2D eigenvalue weighted by atomic mass is 35.5. The Kier molecular flexibility index (Phi) is 6.28. The molecule has 0 radical (unpaired) electrons. The van der Waals surface area contributed by atoms with Gasteiger partial charge in [0.25, 0.3) is 5.91 Å². The van der Waals surface area contributed by atoms with Crippen molar-refractivity contribution in [2.24, 2.45) is 0 Å². The quantitative estimate of drug-likeness (QED) is 0.557. The van der Waals surface area contributed by atoms with Crippen LogP contribution in [0.5, 0.6) is 5.75 Å². The maximum Gasteiger partial charge on any atom is 0.257 e. The van der Waals surface area contributed by atoms with Crippen molar-refractivity contribution in [1.82, 2.24) is 14.9 Å². The third kappa shape index (κ3) is 5.51. The van der Waals surface area contributed by atoms with Crippen molar-refractivity contribution in [3.8, 4) is 5.75 Å². The molecule has 0 aliphatic heterocycles. The SMILES string of the molecule is O=C(COc1ccc(Cl)cc1Cl)NCCS(=O)(=O)Nc1ccn2nccc2c1. The molecule has 3 rings (SSSR count). The van der Waals surface area contributed by atoms with Gasteiger partial charge in [0.15, 0.2) is 6.61 Å². The first-order valence-electron chi connectivity index (χ1n) is 8.11. The van der Waals surface area contributed by atoms with E-state index in [0.717, 1.165) is 5.52 Å². The summed E-state index contributed by atoms with van der Waals surface area (Å²) in [5.74, 6) is -0.446. The number of carbonyl (C=O) groups is 1. The average molecular weight is 443 g/mol. The van der Waals surface area contributed by atoms with Crippen LogP contribution >= 0.6 is 23.2 Å². The molecule has 11 heteroatoms. The largest absolute Gasteiger partial charge is 0.482 e. The van der Waals surface area contributed by atoms with E-state index in [2.05, 4.69) is 15.1 Å². The summed E-state index contributed by atoms with van der Waals surface area (Å²) in [6.07, 6.45) is 3.26. The van der Waals surface area contributed by atoms with Crippen LogP contribution in [0, 0.1) is 0 Å². The van der Waals surface area contributed by atoms with Crippen LogP contribution in [-0.2, 0) is 14.8 Å². The summed E-state index contributed by atoms with van der Waals surface area (Å²) in [6.45, 7) is -0.368. The Morgan fingerprint density at radius 2 is 2.00 bits per heavy atom. The highest BCUT2D eigenvalue weighted by molar-refractivity contribution is 7.92. The number of carbonyl (C=O) groups excluding carboxylic acids is 1. The van der Waals surface area contributed by atoms with Crippen molar-refractivity contribution >= 4 is 50.3 Å². The first kappa shape index (κ1) is 20.2. The second kappa shape index (κ2) is 8.68. The minimum atomic E-state index is -3.63. The molecule has 8 nitrogen and oxygen atoms in total. The summed E-state index contributed by atoms with van der Waals surface area (Å²) in [5.41, 5.74) is 1.17. The van der Waals surface area contributed by atoms with Gasteiger partial charge >= 0.3 is 0 Å². The van der Waals surface area contributed by atoms with Crippen molar-refractivity contribution in [1.29, 1.82) is 0 Å². The van der Waals surface area contributed by atoms with Crippen molar-refractivity contribution in [2.75, 3.05) is 23.6 Å². The molecule has 0 saturated heterocycles. The lowest BCUT2D eigenvalue weighted by Gasteiger charge is -2.10. The third-order valence-corrected chi connectivity index (χ3v) is 5.44. The number of nitrogens with zero attached hydrogens (tertiary/aromatic N) is 2. The normalized spacial score (nSPS) is 11.4. The van der Waals surface area contributed by atoms with E-state index >= 15 is 0 Å². The van der Waals surface area contributed by atoms with E-state index in [4.69, 9.17) is 27.9 Å². The molecule has 2 heterocycles. The molecular formula is C17H16Cl2N4O4S. The molecule has 148 valence electrons. The third-order valence-electron chi connectivity index (χ3n) is 3.62. The zero-order valence-corrected chi connectivity index (χ0v) is 16.8. The summed E-state index contributed by atoms with van der Waals surface area (Å²) in [5, 5.41) is 7.26. The molecule has 0 unspecified atom stereocenters. The predicted octanol–water partition coefficient (Wildman–Crippen LogP) is 2.58. The number of nitrogens with one attached hydrogen (secondary N) is 2. The van der Waals surface area contributed by atoms with E-state index in [0.29, 0.717) is 16.5 Å². The van der Waals surface area contributed by atoms with Gasteiger partial charge in [-0.2, -0.15) is 5.10 Å². The Morgan fingerprint density at radius 3 is 2.79 bits per heavy atom. The summed E-state index contributed by atoms with van der Waals surface area (Å²) in [6, 6.07) is 9.64. The van der Waals surface area contributed by atoms with Gasteiger partial charge in [-0.3, -0.25) is 9.52 Å². The van der Waals surface area contributed by atoms with Gasteiger partial charge in [0.2, 0.25) is 10.0 Å². The summed E-state index contributed by atoms with van der Waals surface area (Å²) in [7, 11) is -3.63. The molecule has 3 aromatic rings. The number of aromatic nitrogens is 2. The number of halogens is 2. The monoisotopic (exact) mass is 442 g/mol. The molecule has 0 fully saturated rings. The van der Waals surface area contributed by atoms with Crippen LogP contribution in [0.15, 0.2) is 48.8 Å². The number of fused-ring (bicyclic) bond motifs is 1. The number of sulfonamides is 1. The van der Waals surface area contributed by atoms with Crippen molar-refractivity contribution < 1.29 is 17.9 Å². The molecule has 1 amide bonds. The number of ether oxygens (including phenoxy) is 1. The minimum Gasteiger partial charge on any atom is -0.482 e. The molecule has 28 heavy (non-hydrogen) atoms. The lowest BCUT2D eigenvalue weighted by Crippen LogP contribution is -2.34. The Labute approximate surface area is 171 Å². The van der Waals surface area contributed by atoms with Crippen LogP contribution in [0.2, 0.25) is 10.0 Å². The van der Waals surface area contributed by atoms with Crippen molar-refractivity contribution in [3.63, 3.8) is 0 Å². The fraction of sp³-hybridized carbons (Fsp3) is 0.176. The highest BCUT2D eigenvalue weighted by Crippen LogP contribution is 2.27. The fourth-order valence-electron chi connectivity index (χ4n) is 2.33. The first-order valence-corrected chi connectivity index (χ1v) is 10.5. The number of benzene rings is 1. The second-order valence-corrected chi connectivity index (χ2v) is 8.44. The van der Waals surface area contributed by atoms with Gasteiger partial charge in [-0.25, -0.2) is 12.9 Å². The van der Waals surface area contributed by atoms with Gasteiger partial charge in [0, 0.05) is 24.0 Å². The maximum absolute atomic E-state index is 12.2. The van der Waals surface area contributed by atoms with Gasteiger partial charge in [-0.15, -0.1) is 0 Å². The number of rotatable bonds is 8. The molecule has 0 saturated carbocycles. The molecule has 1 aromatic carbocycles. The standard InChI is InChI=1S/C17H16Cl2N4O4S/c18-12-1-2-16(15(19)9-12)27-11-17(24)20-6-8-28(25,26)22-13-4-7-23-14(10-13)3-5-21-23/h1-5,7,9-10,22H,6,8,11H2,(H,20,24). The number of pyridine rings is 1. The molecule has 2 N–H and O–H groups in total. The highest BCUT2D eigenvalue weighted by Gasteiger charge is 2.12. The van der Waals surface area contributed by atoms with E-state index in [9.17, 15) is 13.2 Å². The Morgan fingerprint density at radius 1 is 1.18 bits per heavy atom. The fourth-order valence-corrected chi connectivity index (χ4v) is 3.75. The van der Waals surface area contributed by atoms with Gasteiger partial charge in [0.05, 0.1) is 22.0 Å². The van der Waals surface area contributed by atoms with Crippen LogP contribution in [-0.4, -0.2) is 42.8 Å². The molecule has 0 aliphatic rings. The summed E-state index contributed by atoms with van der Waals surface area (Å²) in [4.78, 5) is 11.8. The molecular weight excluding hydrogens is 427 g/mol. The average Bonchev–Trinajstić information content (AvgIpc) is 3.08. The Hall–Kier alpha value is -2.49. The predicted molar refractivity (Wildman–Crippen MR) is 108 cm³/mol. The number of anilines is 1. The molecule has 0 bridgehead atoms. The van der Waals surface area contributed by atoms with Crippen LogP contribution in [0.4, 0.5) is 5.69 Å². The van der Waals surface area contributed by atoms with E-state index in [1.165, 1.54) is 6.07 Å². The smallest absolute Gasteiger partial charge is 0.257 e. The summed E-state index contributed by atoms with van der Waals surface area (Å²) >= 11 is 11.7. The zero-order valence-electron chi connectivity index (χ0n) is 14.4. The lowest BCUT2D eigenvalue weighted by atomic mass is 10.3.